The van der Waals surface area contributed by atoms with Crippen LogP contribution in [0.3, 0.4) is 0 Å². The summed E-state index contributed by atoms with van der Waals surface area (Å²) in [5.74, 6) is 0.309. The van der Waals surface area contributed by atoms with Crippen molar-refractivity contribution in [3.63, 3.8) is 0 Å². The number of hydrogen-bond donors (Lipinski definition) is 1. The summed E-state index contributed by atoms with van der Waals surface area (Å²) in [5.41, 5.74) is -0.995. The van der Waals surface area contributed by atoms with Gasteiger partial charge < -0.3 is 5.32 Å². The first-order chi connectivity index (χ1) is 8.47. The van der Waals surface area contributed by atoms with E-state index in [9.17, 15) is 13.2 Å². The Balaban J connectivity index is 2.01. The number of nitrogens with zero attached hydrogens (tertiary/aromatic N) is 2. The van der Waals surface area contributed by atoms with E-state index >= 15 is 0 Å². The van der Waals surface area contributed by atoms with Gasteiger partial charge in [0.1, 0.15) is 5.82 Å². The molecule has 2 aromatic heterocycles. The number of thiophene rings is 1. The fourth-order valence-electron chi connectivity index (χ4n) is 1.20. The molecule has 0 aliphatic rings. The van der Waals surface area contributed by atoms with Crippen LogP contribution in [-0.4, -0.2) is 10.2 Å². The molecular weight excluding hydrogens is 331 g/mol. The van der Waals surface area contributed by atoms with Crippen molar-refractivity contribution in [3.05, 3.63) is 38.6 Å². The highest BCUT2D eigenvalue weighted by atomic mass is 79.9. The molecule has 2 heterocycles. The van der Waals surface area contributed by atoms with Crippen molar-refractivity contribution in [2.24, 2.45) is 0 Å². The molecule has 2 aromatic rings. The number of rotatable bonds is 3. The molecule has 1 N–H and O–H groups in total. The third-order valence-corrected chi connectivity index (χ3v) is 4.00. The Morgan fingerprint density at radius 1 is 1.22 bits per heavy atom. The predicted molar refractivity (Wildman–Crippen MR) is 66.4 cm³/mol. The van der Waals surface area contributed by atoms with E-state index in [0.29, 0.717) is 12.4 Å². The molecule has 2 rings (SSSR count). The summed E-state index contributed by atoms with van der Waals surface area (Å²) < 4.78 is 37.7. The van der Waals surface area contributed by atoms with E-state index in [2.05, 4.69) is 31.4 Å². The monoisotopic (exact) mass is 337 g/mol. The molecule has 0 aliphatic heterocycles. The average molecular weight is 338 g/mol. The normalized spacial score (nSPS) is 11.6. The van der Waals surface area contributed by atoms with Gasteiger partial charge in [0.2, 0.25) is 0 Å². The van der Waals surface area contributed by atoms with Crippen molar-refractivity contribution >= 4 is 33.1 Å². The minimum absolute atomic E-state index is 0.309. The first kappa shape index (κ1) is 13.3. The van der Waals surface area contributed by atoms with Gasteiger partial charge in [0, 0.05) is 9.35 Å². The largest absolute Gasteiger partial charge is 0.435 e. The quantitative estimate of drug-likeness (QED) is 0.921. The minimum Gasteiger partial charge on any atom is -0.364 e. The molecule has 96 valence electrons. The van der Waals surface area contributed by atoms with Gasteiger partial charge in [0.25, 0.3) is 0 Å². The standard InChI is InChI=1S/C10H7BrF3N3S/c11-6-3-4-18-7(6)5-15-9-2-1-8(16-17-9)10(12,13)14/h1-4H,5H2,(H,15,17). The van der Waals surface area contributed by atoms with Gasteiger partial charge in [-0.25, -0.2) is 0 Å². The molecule has 3 nitrogen and oxygen atoms in total. The second kappa shape index (κ2) is 5.23. The molecule has 0 unspecified atom stereocenters. The lowest BCUT2D eigenvalue weighted by Gasteiger charge is -2.06. The Morgan fingerprint density at radius 2 is 2.00 bits per heavy atom. The van der Waals surface area contributed by atoms with E-state index in [0.717, 1.165) is 15.4 Å². The lowest BCUT2D eigenvalue weighted by molar-refractivity contribution is -0.141. The number of aromatic nitrogens is 2. The molecule has 0 atom stereocenters. The lowest BCUT2D eigenvalue weighted by Crippen LogP contribution is -2.10. The molecular formula is C10H7BrF3N3S. The molecule has 0 saturated carbocycles. The predicted octanol–water partition coefficient (Wildman–Crippen LogP) is 3.93. The van der Waals surface area contributed by atoms with Gasteiger partial charge in [-0.3, -0.25) is 0 Å². The van der Waals surface area contributed by atoms with Crippen molar-refractivity contribution in [2.75, 3.05) is 5.32 Å². The van der Waals surface area contributed by atoms with Crippen LogP contribution in [-0.2, 0) is 12.7 Å². The molecule has 0 fully saturated rings. The third-order valence-electron chi connectivity index (χ3n) is 2.08. The molecule has 0 aromatic carbocycles. The number of nitrogens with one attached hydrogen (secondary N) is 1. The fourth-order valence-corrected chi connectivity index (χ4v) is 2.63. The van der Waals surface area contributed by atoms with Crippen molar-refractivity contribution in [2.45, 2.75) is 12.7 Å². The summed E-state index contributed by atoms with van der Waals surface area (Å²) in [6.07, 6.45) is -4.46. The fraction of sp³-hybridized carbons (Fsp3) is 0.200. The van der Waals surface area contributed by atoms with Crippen LogP contribution in [0.4, 0.5) is 19.0 Å². The van der Waals surface area contributed by atoms with E-state index in [1.54, 1.807) is 0 Å². The van der Waals surface area contributed by atoms with Crippen molar-refractivity contribution in [1.82, 2.24) is 10.2 Å². The first-order valence-corrected chi connectivity index (χ1v) is 6.51. The maximum Gasteiger partial charge on any atom is 0.435 e. The third kappa shape index (κ3) is 3.20. The van der Waals surface area contributed by atoms with Gasteiger partial charge in [0.05, 0.1) is 6.54 Å². The van der Waals surface area contributed by atoms with Crippen molar-refractivity contribution in [3.8, 4) is 0 Å². The molecule has 18 heavy (non-hydrogen) atoms. The summed E-state index contributed by atoms with van der Waals surface area (Å²) in [4.78, 5) is 1.04. The molecule has 0 aliphatic carbocycles. The zero-order chi connectivity index (χ0) is 13.2. The second-order valence-electron chi connectivity index (χ2n) is 3.35. The summed E-state index contributed by atoms with van der Waals surface area (Å²) >= 11 is 4.90. The zero-order valence-electron chi connectivity index (χ0n) is 8.83. The molecule has 8 heteroatoms. The zero-order valence-corrected chi connectivity index (χ0v) is 11.2. The Hall–Kier alpha value is -1.15. The molecule has 0 bridgehead atoms. The maximum absolute atomic E-state index is 12.3. The van der Waals surface area contributed by atoms with Crippen molar-refractivity contribution < 1.29 is 13.2 Å². The summed E-state index contributed by atoms with van der Waals surface area (Å²) in [6, 6.07) is 4.07. The van der Waals surface area contributed by atoms with E-state index in [-0.39, 0.29) is 0 Å². The number of hydrogen-bond acceptors (Lipinski definition) is 4. The van der Waals surface area contributed by atoms with Crippen LogP contribution in [0, 0.1) is 0 Å². The number of halogens is 4. The Labute approximate surface area is 113 Å². The van der Waals surface area contributed by atoms with Crippen LogP contribution in [0.2, 0.25) is 0 Å². The maximum atomic E-state index is 12.3. The van der Waals surface area contributed by atoms with Crippen LogP contribution in [0.25, 0.3) is 0 Å². The van der Waals surface area contributed by atoms with Crippen LogP contribution < -0.4 is 5.32 Å². The van der Waals surface area contributed by atoms with Gasteiger partial charge in [-0.15, -0.1) is 21.5 Å². The second-order valence-corrected chi connectivity index (χ2v) is 5.20. The van der Waals surface area contributed by atoms with E-state index in [4.69, 9.17) is 0 Å². The Kier molecular flexibility index (Phi) is 3.86. The molecule has 0 amide bonds. The topological polar surface area (TPSA) is 37.8 Å². The summed E-state index contributed by atoms with van der Waals surface area (Å²) in [7, 11) is 0. The first-order valence-electron chi connectivity index (χ1n) is 4.83. The highest BCUT2D eigenvalue weighted by Gasteiger charge is 2.32. The minimum atomic E-state index is -4.46. The highest BCUT2D eigenvalue weighted by molar-refractivity contribution is 9.10. The Bertz CT molecular complexity index is 524. The van der Waals surface area contributed by atoms with E-state index in [1.165, 1.54) is 17.4 Å². The van der Waals surface area contributed by atoms with Gasteiger partial charge in [-0.05, 0) is 39.5 Å². The number of anilines is 1. The highest BCUT2D eigenvalue weighted by Crippen LogP contribution is 2.27. The van der Waals surface area contributed by atoms with Crippen molar-refractivity contribution in [1.29, 1.82) is 0 Å². The van der Waals surface area contributed by atoms with E-state index < -0.39 is 11.9 Å². The van der Waals surface area contributed by atoms with E-state index in [1.807, 2.05) is 11.4 Å². The van der Waals surface area contributed by atoms with Crippen LogP contribution in [0.1, 0.15) is 10.6 Å². The van der Waals surface area contributed by atoms with Gasteiger partial charge in [-0.1, -0.05) is 0 Å². The molecule has 0 radical (unpaired) electrons. The van der Waals surface area contributed by atoms with Gasteiger partial charge in [-0.2, -0.15) is 13.2 Å². The van der Waals surface area contributed by atoms with Gasteiger partial charge >= 0.3 is 6.18 Å². The lowest BCUT2D eigenvalue weighted by atomic mass is 10.3. The Morgan fingerprint density at radius 3 is 2.50 bits per heavy atom. The molecule has 0 spiro atoms. The van der Waals surface area contributed by atoms with Gasteiger partial charge in [0.15, 0.2) is 5.69 Å². The van der Waals surface area contributed by atoms with Crippen LogP contribution >= 0.6 is 27.3 Å². The SMILES string of the molecule is FC(F)(F)c1ccc(NCc2sccc2Br)nn1. The van der Waals surface area contributed by atoms with Crippen LogP contribution in [0.15, 0.2) is 28.1 Å². The smallest absolute Gasteiger partial charge is 0.364 e. The summed E-state index contributed by atoms with van der Waals surface area (Å²) in [6.45, 7) is 0.484. The average Bonchev–Trinajstić information content (AvgIpc) is 2.72. The van der Waals surface area contributed by atoms with Crippen LogP contribution in [0.5, 0.6) is 0 Å². The molecule has 0 saturated heterocycles. The number of alkyl halides is 3. The summed E-state index contributed by atoms with van der Waals surface area (Å²) in [5, 5.41) is 11.4.